The maximum absolute atomic E-state index is 11.7. The predicted octanol–water partition coefficient (Wildman–Crippen LogP) is -1.54. The van der Waals surface area contributed by atoms with Crippen molar-refractivity contribution in [2.75, 3.05) is 19.1 Å². The van der Waals surface area contributed by atoms with Crippen molar-refractivity contribution < 1.29 is 58.5 Å². The minimum absolute atomic E-state index is 0.682. The summed E-state index contributed by atoms with van der Waals surface area (Å²) in [6.07, 6.45) is -6.73. The van der Waals surface area contributed by atoms with Crippen LogP contribution in [-0.2, 0) is 61.9 Å². The number of ether oxygens (including phenoxy) is 4. The predicted molar refractivity (Wildman–Crippen MR) is 92.0 cm³/mol. The third kappa shape index (κ3) is 9.03. The quantitative estimate of drug-likeness (QED) is 0.231. The van der Waals surface area contributed by atoms with Crippen molar-refractivity contribution in [3.63, 3.8) is 0 Å². The van der Waals surface area contributed by atoms with Crippen LogP contribution in [-0.4, -0.2) is 84.6 Å². The molecule has 0 saturated carbocycles. The van der Waals surface area contributed by atoms with E-state index in [4.69, 9.17) is 23.1 Å². The first-order valence-corrected chi connectivity index (χ1v) is 11.6. The summed E-state index contributed by atoms with van der Waals surface area (Å²) in [6.45, 7) is 2.23. The van der Waals surface area contributed by atoms with Crippen LogP contribution in [0, 0.1) is 0 Å². The molecule has 0 aromatic rings. The normalized spacial score (nSPS) is 27.7. The molecule has 168 valence electrons. The fourth-order valence-corrected chi connectivity index (χ4v) is 3.43. The molecule has 1 heterocycles. The van der Waals surface area contributed by atoms with Gasteiger partial charge in [-0.25, -0.2) is 0 Å². The van der Waals surface area contributed by atoms with Gasteiger partial charge in [-0.2, -0.15) is 16.8 Å². The average Bonchev–Trinajstić information content (AvgIpc) is 2.48. The van der Waals surface area contributed by atoms with Crippen LogP contribution in [0.2, 0.25) is 0 Å². The van der Waals surface area contributed by atoms with Crippen molar-refractivity contribution in [2.45, 2.75) is 51.5 Å². The third-order valence-corrected chi connectivity index (χ3v) is 4.35. The maximum atomic E-state index is 11.7. The third-order valence-electron chi connectivity index (χ3n) is 3.21. The first-order chi connectivity index (χ1) is 13.1. The topological polar surface area (TPSA) is 175 Å². The van der Waals surface area contributed by atoms with Crippen molar-refractivity contribution in [1.29, 1.82) is 0 Å². The Kier molecular flexibility index (Phi) is 8.52. The lowest BCUT2D eigenvalue weighted by molar-refractivity contribution is -0.292. The Hall–Kier alpha value is -1.81. The minimum atomic E-state index is -4.22. The summed E-state index contributed by atoms with van der Waals surface area (Å²) in [7, 11) is -8.19. The first-order valence-electron chi connectivity index (χ1n) is 7.99. The number of esters is 3. The van der Waals surface area contributed by atoms with Gasteiger partial charge in [-0.3, -0.25) is 22.7 Å². The summed E-state index contributed by atoms with van der Waals surface area (Å²) in [5, 5.41) is 0. The molecule has 0 spiro atoms. The van der Waals surface area contributed by atoms with Crippen molar-refractivity contribution in [3.05, 3.63) is 0 Å². The van der Waals surface area contributed by atoms with Gasteiger partial charge in [0.25, 0.3) is 20.2 Å². The summed E-state index contributed by atoms with van der Waals surface area (Å²) in [6, 6.07) is 0. The lowest BCUT2D eigenvalue weighted by Crippen LogP contribution is -2.63. The molecule has 0 amide bonds. The smallest absolute Gasteiger partial charge is 0.305 e. The highest BCUT2D eigenvalue weighted by Gasteiger charge is 2.53. The number of carbonyl (C=O) groups excluding carboxylic acids is 3. The summed E-state index contributed by atoms with van der Waals surface area (Å²) < 4.78 is 76.0. The molecule has 15 heteroatoms. The molecule has 0 radical (unpaired) electrons. The molecular formula is C14H22O13S2. The van der Waals surface area contributed by atoms with Crippen LogP contribution in [0.5, 0.6) is 0 Å². The Bertz CT molecular complexity index is 832. The standard InChI is InChI=1S/C14H22O13S2/c1-7(15)23-11-10(6-22-28(4,18)19)26-14(25-9(3)17)13(24-8(2)16)12(11)27-29(5,20)21/h10-14H,6H2,1-5H3/t10-,11-,12+,13+,14-/m0/s1. The van der Waals surface area contributed by atoms with E-state index in [1.165, 1.54) is 0 Å². The number of carbonyl (C=O) groups is 3. The van der Waals surface area contributed by atoms with Crippen LogP contribution in [0.25, 0.3) is 0 Å². The van der Waals surface area contributed by atoms with E-state index in [1.807, 2.05) is 0 Å². The van der Waals surface area contributed by atoms with E-state index in [0.717, 1.165) is 27.0 Å². The van der Waals surface area contributed by atoms with Crippen molar-refractivity contribution >= 4 is 38.1 Å². The number of hydrogen-bond acceptors (Lipinski definition) is 13. The van der Waals surface area contributed by atoms with E-state index in [9.17, 15) is 31.2 Å². The molecule has 5 atom stereocenters. The Labute approximate surface area is 167 Å². The minimum Gasteiger partial charge on any atom is -0.457 e. The van der Waals surface area contributed by atoms with E-state index >= 15 is 0 Å². The van der Waals surface area contributed by atoms with Crippen LogP contribution >= 0.6 is 0 Å². The van der Waals surface area contributed by atoms with Crippen LogP contribution < -0.4 is 0 Å². The van der Waals surface area contributed by atoms with Gasteiger partial charge in [-0.15, -0.1) is 0 Å². The molecular weight excluding hydrogens is 440 g/mol. The molecule has 0 bridgehead atoms. The second-order valence-corrected chi connectivity index (χ2v) is 9.30. The molecule has 29 heavy (non-hydrogen) atoms. The van der Waals surface area contributed by atoms with E-state index in [2.05, 4.69) is 4.18 Å². The SMILES string of the molecule is CC(=O)O[C@H]1O[C@@H](COS(C)(=O)=O)[C@H](OC(C)=O)[C@@H](OS(C)(=O)=O)[C@H]1OC(C)=O. The Balaban J connectivity index is 3.42. The van der Waals surface area contributed by atoms with Gasteiger partial charge in [0.15, 0.2) is 18.3 Å². The Morgan fingerprint density at radius 3 is 1.66 bits per heavy atom. The largest absolute Gasteiger partial charge is 0.457 e. The van der Waals surface area contributed by atoms with Gasteiger partial charge >= 0.3 is 17.9 Å². The van der Waals surface area contributed by atoms with E-state index < -0.39 is 75.5 Å². The second kappa shape index (κ2) is 9.80. The number of rotatable bonds is 8. The summed E-state index contributed by atoms with van der Waals surface area (Å²) in [4.78, 5) is 34.4. The average molecular weight is 462 g/mol. The van der Waals surface area contributed by atoms with Crippen LogP contribution in [0.15, 0.2) is 0 Å². The van der Waals surface area contributed by atoms with Gasteiger partial charge in [0.1, 0.15) is 6.10 Å². The van der Waals surface area contributed by atoms with Gasteiger partial charge in [-0.05, 0) is 0 Å². The molecule has 0 aromatic carbocycles. The highest BCUT2D eigenvalue weighted by atomic mass is 32.2. The monoisotopic (exact) mass is 462 g/mol. The molecule has 1 rings (SSSR count). The fourth-order valence-electron chi connectivity index (χ4n) is 2.42. The van der Waals surface area contributed by atoms with Gasteiger partial charge < -0.3 is 18.9 Å². The van der Waals surface area contributed by atoms with Crippen molar-refractivity contribution in [3.8, 4) is 0 Å². The highest BCUT2D eigenvalue weighted by molar-refractivity contribution is 7.86. The molecule has 1 fully saturated rings. The second-order valence-electron chi connectivity index (χ2n) is 6.05. The zero-order valence-electron chi connectivity index (χ0n) is 16.2. The van der Waals surface area contributed by atoms with Gasteiger partial charge in [0, 0.05) is 20.8 Å². The van der Waals surface area contributed by atoms with E-state index in [0.29, 0.717) is 6.26 Å². The molecule has 0 unspecified atom stereocenters. The first kappa shape index (κ1) is 25.2. The lowest BCUT2D eigenvalue weighted by atomic mass is 9.98. The molecule has 0 N–H and O–H groups in total. The van der Waals surface area contributed by atoms with Crippen LogP contribution in [0.1, 0.15) is 20.8 Å². The maximum Gasteiger partial charge on any atom is 0.305 e. The highest BCUT2D eigenvalue weighted by Crippen LogP contribution is 2.30. The summed E-state index contributed by atoms with van der Waals surface area (Å²) in [5.74, 6) is -2.71. The molecule has 1 aliphatic heterocycles. The van der Waals surface area contributed by atoms with Crippen LogP contribution in [0.3, 0.4) is 0 Å². The lowest BCUT2D eigenvalue weighted by Gasteiger charge is -2.43. The Morgan fingerprint density at radius 2 is 1.24 bits per heavy atom. The zero-order valence-corrected chi connectivity index (χ0v) is 17.9. The molecule has 0 aromatic heterocycles. The van der Waals surface area contributed by atoms with Crippen LogP contribution in [0.4, 0.5) is 0 Å². The van der Waals surface area contributed by atoms with Crippen molar-refractivity contribution in [2.24, 2.45) is 0 Å². The van der Waals surface area contributed by atoms with E-state index in [1.54, 1.807) is 0 Å². The number of hydrogen-bond donors (Lipinski definition) is 0. The van der Waals surface area contributed by atoms with Gasteiger partial charge in [0.05, 0.1) is 19.1 Å². The zero-order chi connectivity index (χ0) is 22.6. The molecule has 0 aliphatic carbocycles. The molecule has 13 nitrogen and oxygen atoms in total. The fraction of sp³-hybridized carbons (Fsp3) is 0.786. The Morgan fingerprint density at radius 1 is 0.759 bits per heavy atom. The molecule has 1 saturated heterocycles. The van der Waals surface area contributed by atoms with Crippen molar-refractivity contribution in [1.82, 2.24) is 0 Å². The van der Waals surface area contributed by atoms with Gasteiger partial charge in [0.2, 0.25) is 6.29 Å². The summed E-state index contributed by atoms with van der Waals surface area (Å²) >= 11 is 0. The van der Waals surface area contributed by atoms with E-state index in [-0.39, 0.29) is 0 Å². The molecule has 1 aliphatic rings. The van der Waals surface area contributed by atoms with Gasteiger partial charge in [-0.1, -0.05) is 0 Å². The summed E-state index contributed by atoms with van der Waals surface area (Å²) in [5.41, 5.74) is 0.